The van der Waals surface area contributed by atoms with E-state index < -0.39 is 0 Å². The zero-order valence-corrected chi connectivity index (χ0v) is 16.1. The monoisotopic (exact) mass is 398 g/mol. The van der Waals surface area contributed by atoms with Gasteiger partial charge in [0, 0.05) is 22.2 Å². The van der Waals surface area contributed by atoms with Crippen LogP contribution in [-0.2, 0) is 0 Å². The van der Waals surface area contributed by atoms with Crippen molar-refractivity contribution in [2.75, 3.05) is 18.5 Å². The number of rotatable bonds is 9. The van der Waals surface area contributed by atoms with Crippen LogP contribution in [0.2, 0.25) is 5.02 Å². The normalized spacial score (nSPS) is 11.2. The van der Waals surface area contributed by atoms with Crippen LogP contribution >= 0.6 is 27.5 Å². The Morgan fingerprint density at radius 3 is 2.48 bits per heavy atom. The molecular formula is C19H24BrClO2. The van der Waals surface area contributed by atoms with Crippen LogP contribution in [0.5, 0.6) is 11.5 Å². The van der Waals surface area contributed by atoms with E-state index in [0.29, 0.717) is 24.2 Å². The molecule has 2 aromatic rings. The van der Waals surface area contributed by atoms with Crippen LogP contribution in [0.3, 0.4) is 0 Å². The van der Waals surface area contributed by atoms with Gasteiger partial charge in [-0.3, -0.25) is 0 Å². The second-order valence-electron chi connectivity index (χ2n) is 6.03. The lowest BCUT2D eigenvalue weighted by Gasteiger charge is -2.16. The van der Waals surface area contributed by atoms with Gasteiger partial charge >= 0.3 is 0 Å². The molecule has 0 heterocycles. The van der Waals surface area contributed by atoms with E-state index in [4.69, 9.17) is 21.1 Å². The second-order valence-corrected chi connectivity index (χ2v) is 7.23. The van der Waals surface area contributed by atoms with Gasteiger partial charge in [-0.15, -0.1) is 0 Å². The number of hydrogen-bond donors (Lipinski definition) is 0. The summed E-state index contributed by atoms with van der Waals surface area (Å²) in [6, 6.07) is 9.99. The molecule has 0 unspecified atom stereocenters. The van der Waals surface area contributed by atoms with E-state index in [0.717, 1.165) is 40.4 Å². The van der Waals surface area contributed by atoms with Gasteiger partial charge in [0.1, 0.15) is 11.5 Å². The molecule has 0 spiro atoms. The molecule has 0 aliphatic heterocycles. The summed E-state index contributed by atoms with van der Waals surface area (Å²) in [6.07, 6.45) is 3.38. The molecule has 0 saturated heterocycles. The zero-order chi connectivity index (χ0) is 16.7. The summed E-state index contributed by atoms with van der Waals surface area (Å²) in [4.78, 5) is 0. The first kappa shape index (κ1) is 18.4. The van der Waals surface area contributed by atoms with E-state index in [1.54, 1.807) is 0 Å². The largest absolute Gasteiger partial charge is 0.493 e. The van der Waals surface area contributed by atoms with Crippen molar-refractivity contribution in [1.29, 1.82) is 0 Å². The molecule has 0 fully saturated rings. The SMILES string of the molecule is CC(C)COc1c(Cl)cc(OCCCCCBr)c2ccccc12. The minimum Gasteiger partial charge on any atom is -0.493 e. The maximum Gasteiger partial charge on any atom is 0.145 e. The van der Waals surface area contributed by atoms with Crippen molar-refractivity contribution in [2.24, 2.45) is 5.92 Å². The lowest BCUT2D eigenvalue weighted by molar-refractivity contribution is 0.273. The van der Waals surface area contributed by atoms with Crippen molar-refractivity contribution in [1.82, 2.24) is 0 Å². The number of fused-ring (bicyclic) bond motifs is 1. The van der Waals surface area contributed by atoms with Crippen LogP contribution in [0.25, 0.3) is 10.8 Å². The molecule has 2 nitrogen and oxygen atoms in total. The van der Waals surface area contributed by atoms with E-state index >= 15 is 0 Å². The molecule has 0 atom stereocenters. The highest BCUT2D eigenvalue weighted by atomic mass is 79.9. The fourth-order valence-corrected chi connectivity index (χ4v) is 3.01. The van der Waals surface area contributed by atoms with Gasteiger partial charge in [0.25, 0.3) is 0 Å². The van der Waals surface area contributed by atoms with E-state index in [1.165, 1.54) is 6.42 Å². The van der Waals surface area contributed by atoms with Crippen LogP contribution in [0.4, 0.5) is 0 Å². The smallest absolute Gasteiger partial charge is 0.145 e. The number of hydrogen-bond acceptors (Lipinski definition) is 2. The summed E-state index contributed by atoms with van der Waals surface area (Å²) in [5, 5.41) is 3.72. The molecule has 0 saturated carbocycles. The van der Waals surface area contributed by atoms with Crippen LogP contribution in [-0.4, -0.2) is 18.5 Å². The van der Waals surface area contributed by atoms with Crippen LogP contribution in [0, 0.1) is 5.92 Å². The van der Waals surface area contributed by atoms with Crippen molar-refractivity contribution in [3.8, 4) is 11.5 Å². The average Bonchev–Trinajstić information content (AvgIpc) is 2.53. The fourth-order valence-electron chi connectivity index (χ4n) is 2.35. The summed E-state index contributed by atoms with van der Waals surface area (Å²) in [5.74, 6) is 2.04. The minimum absolute atomic E-state index is 0.454. The van der Waals surface area contributed by atoms with E-state index in [9.17, 15) is 0 Å². The molecule has 0 aliphatic rings. The third kappa shape index (κ3) is 5.29. The molecule has 0 aliphatic carbocycles. The molecule has 2 rings (SSSR count). The molecule has 0 bridgehead atoms. The van der Waals surface area contributed by atoms with E-state index in [-0.39, 0.29) is 0 Å². The first-order chi connectivity index (χ1) is 11.1. The number of ether oxygens (including phenoxy) is 2. The first-order valence-corrected chi connectivity index (χ1v) is 9.66. The summed E-state index contributed by atoms with van der Waals surface area (Å²) in [7, 11) is 0. The molecule has 0 amide bonds. The Kier molecular flexibility index (Phi) is 7.51. The topological polar surface area (TPSA) is 18.5 Å². The summed E-state index contributed by atoms with van der Waals surface area (Å²) in [6.45, 7) is 5.61. The molecule has 23 heavy (non-hydrogen) atoms. The zero-order valence-electron chi connectivity index (χ0n) is 13.8. The Morgan fingerprint density at radius 1 is 1.04 bits per heavy atom. The number of unbranched alkanes of at least 4 members (excludes halogenated alkanes) is 2. The Bertz CT molecular complexity index is 628. The van der Waals surface area contributed by atoms with Gasteiger partial charge in [0.05, 0.1) is 18.2 Å². The van der Waals surface area contributed by atoms with Gasteiger partial charge in [0.15, 0.2) is 0 Å². The Labute approximate surface area is 152 Å². The summed E-state index contributed by atoms with van der Waals surface area (Å²) >= 11 is 9.89. The maximum absolute atomic E-state index is 6.44. The third-order valence-electron chi connectivity index (χ3n) is 3.51. The quantitative estimate of drug-likeness (QED) is 0.355. The van der Waals surface area contributed by atoms with Crippen molar-refractivity contribution in [3.05, 3.63) is 35.4 Å². The van der Waals surface area contributed by atoms with Gasteiger partial charge in [0.2, 0.25) is 0 Å². The highest BCUT2D eigenvalue weighted by molar-refractivity contribution is 9.09. The van der Waals surface area contributed by atoms with Gasteiger partial charge in [-0.2, -0.15) is 0 Å². The standard InChI is InChI=1S/C19H24BrClO2/c1-14(2)13-23-19-16-9-5-4-8-15(16)18(12-17(19)21)22-11-7-3-6-10-20/h4-5,8-9,12,14H,3,6-7,10-11,13H2,1-2H3. The van der Waals surface area contributed by atoms with Crippen molar-refractivity contribution < 1.29 is 9.47 Å². The summed E-state index contributed by atoms with van der Waals surface area (Å²) < 4.78 is 11.9. The van der Waals surface area contributed by atoms with Gasteiger partial charge in [-0.25, -0.2) is 0 Å². The van der Waals surface area contributed by atoms with E-state index in [1.807, 2.05) is 24.3 Å². The van der Waals surface area contributed by atoms with Crippen LogP contribution in [0.1, 0.15) is 33.1 Å². The number of alkyl halides is 1. The minimum atomic E-state index is 0.454. The highest BCUT2D eigenvalue weighted by Gasteiger charge is 2.13. The van der Waals surface area contributed by atoms with Gasteiger partial charge < -0.3 is 9.47 Å². The molecule has 4 heteroatoms. The molecular weight excluding hydrogens is 376 g/mol. The van der Waals surface area contributed by atoms with Crippen molar-refractivity contribution in [2.45, 2.75) is 33.1 Å². The number of benzene rings is 2. The van der Waals surface area contributed by atoms with Crippen molar-refractivity contribution >= 4 is 38.3 Å². The second kappa shape index (κ2) is 9.39. The summed E-state index contributed by atoms with van der Waals surface area (Å²) in [5.41, 5.74) is 0. The molecule has 126 valence electrons. The molecule has 0 radical (unpaired) electrons. The van der Waals surface area contributed by atoms with Crippen LogP contribution in [0.15, 0.2) is 30.3 Å². The van der Waals surface area contributed by atoms with Gasteiger partial charge in [-0.05, 0) is 25.2 Å². The fraction of sp³-hybridized carbons (Fsp3) is 0.474. The average molecular weight is 400 g/mol. The molecule has 2 aromatic carbocycles. The Balaban J connectivity index is 2.20. The lowest BCUT2D eigenvalue weighted by atomic mass is 10.1. The molecule has 0 N–H and O–H groups in total. The predicted octanol–water partition coefficient (Wildman–Crippen LogP) is 6.47. The van der Waals surface area contributed by atoms with E-state index in [2.05, 4.69) is 35.8 Å². The molecule has 0 aromatic heterocycles. The Morgan fingerprint density at radius 2 is 1.78 bits per heavy atom. The predicted molar refractivity (Wildman–Crippen MR) is 102 cm³/mol. The third-order valence-corrected chi connectivity index (χ3v) is 4.35. The van der Waals surface area contributed by atoms with Crippen LogP contribution < -0.4 is 9.47 Å². The number of halogens is 2. The van der Waals surface area contributed by atoms with Gasteiger partial charge in [-0.1, -0.05) is 65.6 Å². The lowest BCUT2D eigenvalue weighted by Crippen LogP contribution is -2.06. The highest BCUT2D eigenvalue weighted by Crippen LogP contribution is 2.39. The van der Waals surface area contributed by atoms with Crippen molar-refractivity contribution in [3.63, 3.8) is 0 Å². The maximum atomic E-state index is 6.44. The Hall–Kier alpha value is -0.930. The first-order valence-electron chi connectivity index (χ1n) is 8.16.